The summed E-state index contributed by atoms with van der Waals surface area (Å²) in [5.41, 5.74) is -0.265. The summed E-state index contributed by atoms with van der Waals surface area (Å²) in [6.45, 7) is 0.401. The van der Waals surface area contributed by atoms with Gasteiger partial charge in [0.2, 0.25) is 5.91 Å². The molecule has 0 saturated heterocycles. The van der Waals surface area contributed by atoms with Gasteiger partial charge in [0.1, 0.15) is 11.4 Å². The highest BCUT2D eigenvalue weighted by molar-refractivity contribution is 6.30. The summed E-state index contributed by atoms with van der Waals surface area (Å²) in [5.74, 6) is -0.203. The van der Waals surface area contributed by atoms with Gasteiger partial charge in [-0.15, -0.1) is 0 Å². The molecule has 1 aliphatic rings. The largest absolute Gasteiger partial charge is 0.493 e. The van der Waals surface area contributed by atoms with Gasteiger partial charge in [-0.25, -0.2) is 4.79 Å². The number of fused-ring (bicyclic) bond motifs is 1. The number of nitrogens with zero attached hydrogens (tertiary/aromatic N) is 2. The van der Waals surface area contributed by atoms with Crippen molar-refractivity contribution in [1.29, 1.82) is 0 Å². The number of nitrogens with one attached hydrogen (secondary N) is 1. The Morgan fingerprint density at radius 3 is 2.83 bits per heavy atom. The van der Waals surface area contributed by atoms with E-state index in [1.165, 1.54) is 24.9 Å². The molecule has 3 rings (SSSR count). The fraction of sp³-hybridized carbons (Fsp3) is 0.312. The molecular weight excluding hydrogens is 334 g/mol. The maximum absolute atomic E-state index is 12.7. The number of amides is 1. The molecule has 0 aliphatic carbocycles. The lowest BCUT2D eigenvalue weighted by atomic mass is 9.92. The number of carbonyl (C=O) groups excluding carboxylic acids is 1. The SMILES string of the molecule is Cn1cc(NC(=O)[C@@H]2CCOc3ccc(Cl)cc32)c(=O)n(C)c1=O. The number of halogens is 1. The number of rotatable bonds is 2. The van der Waals surface area contributed by atoms with Crippen molar-refractivity contribution in [1.82, 2.24) is 9.13 Å². The normalized spacial score (nSPS) is 16.2. The summed E-state index contributed by atoms with van der Waals surface area (Å²) < 4.78 is 7.73. The van der Waals surface area contributed by atoms with Crippen molar-refractivity contribution < 1.29 is 9.53 Å². The first-order valence-corrected chi connectivity index (χ1v) is 7.76. The molecule has 0 unspecified atom stereocenters. The molecule has 1 N–H and O–H groups in total. The van der Waals surface area contributed by atoms with E-state index in [0.29, 0.717) is 29.4 Å². The summed E-state index contributed by atoms with van der Waals surface area (Å²) in [5, 5.41) is 3.13. The topological polar surface area (TPSA) is 82.3 Å². The van der Waals surface area contributed by atoms with Gasteiger partial charge < -0.3 is 14.6 Å². The Kier molecular flexibility index (Phi) is 4.19. The van der Waals surface area contributed by atoms with Crippen LogP contribution in [0.5, 0.6) is 5.75 Å². The van der Waals surface area contributed by atoms with Crippen molar-refractivity contribution in [2.45, 2.75) is 12.3 Å². The first-order chi connectivity index (χ1) is 11.4. The molecule has 1 amide bonds. The Morgan fingerprint density at radius 2 is 2.08 bits per heavy atom. The van der Waals surface area contributed by atoms with Gasteiger partial charge >= 0.3 is 5.69 Å². The van der Waals surface area contributed by atoms with Crippen LogP contribution in [0, 0.1) is 0 Å². The van der Waals surface area contributed by atoms with E-state index < -0.39 is 17.2 Å². The van der Waals surface area contributed by atoms with Crippen LogP contribution in [-0.4, -0.2) is 21.6 Å². The molecule has 2 aromatic rings. The molecule has 1 atom stereocenters. The Morgan fingerprint density at radius 1 is 1.33 bits per heavy atom. The monoisotopic (exact) mass is 349 g/mol. The highest BCUT2D eigenvalue weighted by Gasteiger charge is 2.28. The number of anilines is 1. The average Bonchev–Trinajstić information content (AvgIpc) is 2.57. The minimum Gasteiger partial charge on any atom is -0.493 e. The maximum atomic E-state index is 12.7. The van der Waals surface area contributed by atoms with E-state index in [9.17, 15) is 14.4 Å². The molecule has 0 bridgehead atoms. The lowest BCUT2D eigenvalue weighted by Gasteiger charge is -2.25. The van der Waals surface area contributed by atoms with E-state index in [0.717, 1.165) is 4.57 Å². The van der Waals surface area contributed by atoms with Crippen LogP contribution in [0.15, 0.2) is 34.0 Å². The Labute approximate surface area is 142 Å². The molecule has 0 saturated carbocycles. The predicted molar refractivity (Wildman–Crippen MR) is 89.9 cm³/mol. The highest BCUT2D eigenvalue weighted by Crippen LogP contribution is 2.36. The molecule has 0 spiro atoms. The molecule has 1 aliphatic heterocycles. The number of hydrogen-bond acceptors (Lipinski definition) is 4. The summed E-state index contributed by atoms with van der Waals surface area (Å²) in [4.78, 5) is 36.5. The van der Waals surface area contributed by atoms with E-state index in [4.69, 9.17) is 16.3 Å². The number of aryl methyl sites for hydroxylation is 1. The molecule has 126 valence electrons. The zero-order valence-corrected chi connectivity index (χ0v) is 14.0. The minimum atomic E-state index is -0.551. The van der Waals surface area contributed by atoms with Crippen LogP contribution in [0.25, 0.3) is 0 Å². The molecule has 1 aromatic carbocycles. The smallest absolute Gasteiger partial charge is 0.330 e. The molecule has 2 heterocycles. The van der Waals surface area contributed by atoms with Gasteiger partial charge in [0.05, 0.1) is 12.5 Å². The third kappa shape index (κ3) is 2.82. The third-order valence-electron chi connectivity index (χ3n) is 4.03. The number of benzene rings is 1. The Balaban J connectivity index is 1.94. The highest BCUT2D eigenvalue weighted by atomic mass is 35.5. The molecule has 8 heteroatoms. The van der Waals surface area contributed by atoms with Crippen molar-refractivity contribution in [3.8, 4) is 5.75 Å². The van der Waals surface area contributed by atoms with Crippen molar-refractivity contribution >= 4 is 23.2 Å². The van der Waals surface area contributed by atoms with Crippen LogP contribution in [-0.2, 0) is 18.9 Å². The zero-order valence-electron chi connectivity index (χ0n) is 13.2. The van der Waals surface area contributed by atoms with Crippen LogP contribution in [0.3, 0.4) is 0 Å². The quantitative estimate of drug-likeness (QED) is 0.884. The fourth-order valence-corrected chi connectivity index (χ4v) is 2.93. The summed E-state index contributed by atoms with van der Waals surface area (Å²) >= 11 is 6.01. The minimum absolute atomic E-state index is 0.0552. The molecule has 0 radical (unpaired) electrons. The van der Waals surface area contributed by atoms with E-state index >= 15 is 0 Å². The van der Waals surface area contributed by atoms with Crippen molar-refractivity contribution in [2.75, 3.05) is 11.9 Å². The Bertz CT molecular complexity index is 932. The van der Waals surface area contributed by atoms with Gasteiger partial charge in [0.15, 0.2) is 0 Å². The van der Waals surface area contributed by atoms with Gasteiger partial charge in [-0.2, -0.15) is 0 Å². The summed E-state index contributed by atoms with van der Waals surface area (Å²) in [6, 6.07) is 5.12. The number of aromatic nitrogens is 2. The van der Waals surface area contributed by atoms with Crippen molar-refractivity contribution in [3.63, 3.8) is 0 Å². The molecule has 1 aromatic heterocycles. The van der Waals surface area contributed by atoms with E-state index in [1.807, 2.05) is 0 Å². The van der Waals surface area contributed by atoms with Gasteiger partial charge in [-0.1, -0.05) is 11.6 Å². The second-order valence-corrected chi connectivity index (χ2v) is 6.10. The maximum Gasteiger partial charge on any atom is 0.330 e. The third-order valence-corrected chi connectivity index (χ3v) is 4.27. The predicted octanol–water partition coefficient (Wildman–Crippen LogP) is 1.24. The van der Waals surface area contributed by atoms with Gasteiger partial charge in [-0.3, -0.25) is 14.2 Å². The van der Waals surface area contributed by atoms with Gasteiger partial charge in [-0.05, 0) is 24.6 Å². The van der Waals surface area contributed by atoms with Crippen molar-refractivity contribution in [2.24, 2.45) is 14.1 Å². The molecule has 7 nitrogen and oxygen atoms in total. The standard InChI is InChI=1S/C16H16ClN3O4/c1-19-8-12(15(22)20(2)16(19)23)18-14(21)10-5-6-24-13-4-3-9(17)7-11(10)13/h3-4,7-8,10H,5-6H2,1-2H3,(H,18,21)/t10-/m1/s1. The molecule has 24 heavy (non-hydrogen) atoms. The van der Waals surface area contributed by atoms with Gasteiger partial charge in [0.25, 0.3) is 5.56 Å². The van der Waals surface area contributed by atoms with E-state index in [1.54, 1.807) is 18.2 Å². The number of carbonyl (C=O) groups is 1. The van der Waals surface area contributed by atoms with Crippen LogP contribution in [0.2, 0.25) is 5.02 Å². The zero-order chi connectivity index (χ0) is 17.4. The Hall–Kier alpha value is -2.54. The van der Waals surface area contributed by atoms with Crippen LogP contribution in [0.1, 0.15) is 17.9 Å². The number of hydrogen-bond donors (Lipinski definition) is 1. The van der Waals surface area contributed by atoms with E-state index in [-0.39, 0.29) is 11.6 Å². The average molecular weight is 350 g/mol. The number of ether oxygens (including phenoxy) is 1. The molecular formula is C16H16ClN3O4. The van der Waals surface area contributed by atoms with Crippen LogP contribution < -0.4 is 21.3 Å². The summed E-state index contributed by atoms with van der Waals surface area (Å²) in [6.07, 6.45) is 1.80. The lowest BCUT2D eigenvalue weighted by Crippen LogP contribution is -2.39. The first kappa shape index (κ1) is 16.3. The van der Waals surface area contributed by atoms with E-state index in [2.05, 4.69) is 5.32 Å². The lowest BCUT2D eigenvalue weighted by molar-refractivity contribution is -0.118. The van der Waals surface area contributed by atoms with Gasteiger partial charge in [0, 0.05) is 30.9 Å². The fourth-order valence-electron chi connectivity index (χ4n) is 2.75. The summed E-state index contributed by atoms with van der Waals surface area (Å²) in [7, 11) is 2.88. The second kappa shape index (κ2) is 6.16. The second-order valence-electron chi connectivity index (χ2n) is 5.66. The first-order valence-electron chi connectivity index (χ1n) is 7.38. The van der Waals surface area contributed by atoms with Crippen molar-refractivity contribution in [3.05, 3.63) is 55.8 Å². The van der Waals surface area contributed by atoms with Crippen LogP contribution in [0.4, 0.5) is 5.69 Å². The van der Waals surface area contributed by atoms with Crippen LogP contribution >= 0.6 is 11.6 Å². The molecule has 0 fully saturated rings.